The molecule has 3 aliphatic rings. The van der Waals surface area contributed by atoms with Gasteiger partial charge in [0.2, 0.25) is 17.7 Å². The molecule has 0 aromatic heterocycles. The van der Waals surface area contributed by atoms with Gasteiger partial charge in [0.15, 0.2) is 0 Å². The lowest BCUT2D eigenvalue weighted by molar-refractivity contribution is -0.139. The topological polar surface area (TPSA) is 84.0 Å². The Morgan fingerprint density at radius 1 is 0.853 bits per heavy atom. The average molecular weight is 461 g/mol. The van der Waals surface area contributed by atoms with Crippen molar-refractivity contribution in [1.29, 1.82) is 0 Å². The lowest BCUT2D eigenvalue weighted by Gasteiger charge is -2.19. The van der Waals surface area contributed by atoms with Crippen molar-refractivity contribution in [3.05, 3.63) is 53.6 Å². The number of imide groups is 1. The lowest BCUT2D eigenvalue weighted by Crippen LogP contribution is -2.30. The number of hydrogen-bond acceptors (Lipinski definition) is 5. The second kappa shape index (κ2) is 8.70. The number of carbonyl (C=O) groups is 4. The minimum Gasteiger partial charge on any atom is -0.426 e. The van der Waals surface area contributed by atoms with Crippen molar-refractivity contribution in [3.63, 3.8) is 0 Å². The summed E-state index contributed by atoms with van der Waals surface area (Å²) < 4.78 is 5.53. The van der Waals surface area contributed by atoms with E-state index in [1.807, 2.05) is 32.0 Å². The van der Waals surface area contributed by atoms with Crippen LogP contribution in [-0.4, -0.2) is 30.2 Å². The van der Waals surface area contributed by atoms with Crippen LogP contribution in [0.3, 0.4) is 0 Å². The molecule has 2 aromatic carbocycles. The summed E-state index contributed by atoms with van der Waals surface area (Å²) in [7, 11) is 0. The minimum atomic E-state index is -0.557. The number of hydrogen-bond donors (Lipinski definition) is 0. The van der Waals surface area contributed by atoms with Crippen LogP contribution in [0.2, 0.25) is 0 Å². The number of anilines is 2. The third-order valence-corrected chi connectivity index (χ3v) is 7.42. The molecule has 1 saturated carbocycles. The number of carbonyl (C=O) groups excluding carboxylic acids is 4. The van der Waals surface area contributed by atoms with E-state index in [9.17, 15) is 19.2 Å². The highest BCUT2D eigenvalue weighted by atomic mass is 16.5. The normalized spacial score (nSPS) is 24.5. The lowest BCUT2D eigenvalue weighted by atomic mass is 9.81. The third kappa shape index (κ3) is 3.89. The standard InChI is InChI=1S/C27H28N2O5/c1-16-7-8-20(13-17(16)2)28-15-18(14-24(28)30)27(33)34-21-11-9-19(10-12-21)29-25(31)22-5-3-4-6-23(22)26(29)32/h7-13,18,22-23H,3-6,14-15H2,1-2H3/t18-,22-,23-/m1/s1. The molecule has 176 valence electrons. The van der Waals surface area contributed by atoms with Gasteiger partial charge in [0, 0.05) is 18.7 Å². The fourth-order valence-corrected chi connectivity index (χ4v) is 5.29. The second-order valence-electron chi connectivity index (χ2n) is 9.60. The predicted octanol–water partition coefficient (Wildman–Crippen LogP) is 3.94. The van der Waals surface area contributed by atoms with Gasteiger partial charge < -0.3 is 9.64 Å². The van der Waals surface area contributed by atoms with Crippen molar-refractivity contribution >= 4 is 35.1 Å². The molecule has 2 heterocycles. The van der Waals surface area contributed by atoms with Crippen LogP contribution in [0.5, 0.6) is 5.75 Å². The molecule has 34 heavy (non-hydrogen) atoms. The van der Waals surface area contributed by atoms with Crippen LogP contribution in [0.1, 0.15) is 43.2 Å². The monoisotopic (exact) mass is 460 g/mol. The Labute approximate surface area is 198 Å². The van der Waals surface area contributed by atoms with E-state index in [4.69, 9.17) is 4.74 Å². The molecule has 5 rings (SSSR count). The summed E-state index contributed by atoms with van der Waals surface area (Å²) >= 11 is 0. The second-order valence-corrected chi connectivity index (χ2v) is 9.60. The fraction of sp³-hybridized carbons (Fsp3) is 0.407. The van der Waals surface area contributed by atoms with Crippen LogP contribution in [-0.2, 0) is 19.2 Å². The van der Waals surface area contributed by atoms with Gasteiger partial charge in [-0.25, -0.2) is 0 Å². The van der Waals surface area contributed by atoms with E-state index in [2.05, 4.69) is 0 Å². The molecule has 0 radical (unpaired) electrons. The Balaban J connectivity index is 1.24. The summed E-state index contributed by atoms with van der Waals surface area (Å²) in [6.45, 7) is 4.28. The number of benzene rings is 2. The summed E-state index contributed by atoms with van der Waals surface area (Å²) in [6.07, 6.45) is 3.59. The van der Waals surface area contributed by atoms with Gasteiger partial charge in [-0.15, -0.1) is 0 Å². The first kappa shape index (κ1) is 22.3. The van der Waals surface area contributed by atoms with Crippen LogP contribution in [0, 0.1) is 31.6 Å². The molecule has 1 aliphatic carbocycles. The molecule has 3 amide bonds. The molecule has 2 saturated heterocycles. The maximum absolute atomic E-state index is 12.8. The molecule has 2 aliphatic heterocycles. The maximum atomic E-state index is 12.8. The van der Waals surface area contributed by atoms with Crippen LogP contribution >= 0.6 is 0 Å². The quantitative estimate of drug-likeness (QED) is 0.392. The predicted molar refractivity (Wildman–Crippen MR) is 126 cm³/mol. The summed E-state index contributed by atoms with van der Waals surface area (Å²) in [4.78, 5) is 53.8. The summed E-state index contributed by atoms with van der Waals surface area (Å²) in [5.41, 5.74) is 3.52. The van der Waals surface area contributed by atoms with Gasteiger partial charge in [0.05, 0.1) is 23.4 Å². The number of aryl methyl sites for hydroxylation is 2. The van der Waals surface area contributed by atoms with E-state index >= 15 is 0 Å². The number of ether oxygens (including phenoxy) is 1. The molecule has 0 N–H and O–H groups in total. The smallest absolute Gasteiger partial charge is 0.316 e. The molecule has 2 aromatic rings. The van der Waals surface area contributed by atoms with E-state index in [0.29, 0.717) is 11.4 Å². The number of esters is 1. The Kier molecular flexibility index (Phi) is 5.71. The van der Waals surface area contributed by atoms with E-state index in [0.717, 1.165) is 42.5 Å². The number of rotatable bonds is 4. The van der Waals surface area contributed by atoms with Gasteiger partial charge in [-0.1, -0.05) is 18.9 Å². The molecule has 0 unspecified atom stereocenters. The van der Waals surface area contributed by atoms with Gasteiger partial charge in [0.25, 0.3) is 0 Å². The first-order valence-electron chi connectivity index (χ1n) is 11.9. The van der Waals surface area contributed by atoms with E-state index in [1.54, 1.807) is 29.2 Å². The number of amides is 3. The average Bonchev–Trinajstić information content (AvgIpc) is 3.34. The minimum absolute atomic E-state index is 0.101. The van der Waals surface area contributed by atoms with Crippen LogP contribution < -0.4 is 14.5 Å². The fourth-order valence-electron chi connectivity index (χ4n) is 5.29. The van der Waals surface area contributed by atoms with E-state index in [-0.39, 0.29) is 42.5 Å². The van der Waals surface area contributed by atoms with Crippen molar-refractivity contribution < 1.29 is 23.9 Å². The number of nitrogens with zero attached hydrogens (tertiary/aromatic N) is 2. The maximum Gasteiger partial charge on any atom is 0.316 e. The number of fused-ring (bicyclic) bond motifs is 1. The third-order valence-electron chi connectivity index (χ3n) is 7.42. The van der Waals surface area contributed by atoms with Crippen LogP contribution in [0.15, 0.2) is 42.5 Å². The van der Waals surface area contributed by atoms with Gasteiger partial charge in [0.1, 0.15) is 5.75 Å². The molecule has 7 nitrogen and oxygen atoms in total. The highest BCUT2D eigenvalue weighted by Gasteiger charge is 2.48. The zero-order valence-corrected chi connectivity index (χ0v) is 19.5. The Morgan fingerprint density at radius 2 is 1.47 bits per heavy atom. The molecular formula is C27H28N2O5. The largest absolute Gasteiger partial charge is 0.426 e. The zero-order valence-electron chi connectivity index (χ0n) is 19.5. The highest BCUT2D eigenvalue weighted by molar-refractivity contribution is 6.22. The van der Waals surface area contributed by atoms with Gasteiger partial charge >= 0.3 is 5.97 Å². The summed E-state index contributed by atoms with van der Waals surface area (Å²) in [5.74, 6) is -1.48. The van der Waals surface area contributed by atoms with Crippen molar-refractivity contribution in [1.82, 2.24) is 0 Å². The first-order chi connectivity index (χ1) is 16.3. The van der Waals surface area contributed by atoms with Crippen LogP contribution in [0.25, 0.3) is 0 Å². The van der Waals surface area contributed by atoms with Crippen LogP contribution in [0.4, 0.5) is 11.4 Å². The molecule has 3 fully saturated rings. The van der Waals surface area contributed by atoms with Crippen molar-refractivity contribution in [2.24, 2.45) is 17.8 Å². The molecule has 0 bridgehead atoms. The van der Waals surface area contributed by atoms with Gasteiger partial charge in [-0.3, -0.25) is 24.1 Å². The highest BCUT2D eigenvalue weighted by Crippen LogP contribution is 2.40. The van der Waals surface area contributed by atoms with Crippen molar-refractivity contribution in [2.75, 3.05) is 16.3 Å². The molecule has 0 spiro atoms. The molecular weight excluding hydrogens is 432 g/mol. The van der Waals surface area contributed by atoms with Gasteiger partial charge in [-0.05, 0) is 74.2 Å². The SMILES string of the molecule is Cc1ccc(N2C[C@H](C(=O)Oc3ccc(N4C(=O)[C@@H]5CCCC[C@H]5C4=O)cc3)CC2=O)cc1C. The zero-order chi connectivity index (χ0) is 24.0. The van der Waals surface area contributed by atoms with Crippen molar-refractivity contribution in [3.8, 4) is 5.75 Å². The van der Waals surface area contributed by atoms with Gasteiger partial charge in [-0.2, -0.15) is 0 Å². The van der Waals surface area contributed by atoms with E-state index in [1.165, 1.54) is 4.90 Å². The molecule has 3 atom stereocenters. The summed E-state index contributed by atoms with van der Waals surface area (Å²) in [5, 5.41) is 0. The Hall–Kier alpha value is -3.48. The van der Waals surface area contributed by atoms with E-state index < -0.39 is 11.9 Å². The summed E-state index contributed by atoms with van der Waals surface area (Å²) in [6, 6.07) is 12.3. The Bertz CT molecular complexity index is 1150. The first-order valence-corrected chi connectivity index (χ1v) is 11.9. The molecule has 7 heteroatoms. The Morgan fingerprint density at radius 3 is 2.09 bits per heavy atom. The van der Waals surface area contributed by atoms with Crippen molar-refractivity contribution in [2.45, 2.75) is 46.0 Å².